The summed E-state index contributed by atoms with van der Waals surface area (Å²) < 4.78 is 0. The normalized spacial score (nSPS) is 11.2. The molecule has 0 unspecified atom stereocenters. The highest BCUT2D eigenvalue weighted by Crippen LogP contribution is 2.17. The largest absolute Gasteiger partial charge is 0.282 e. The molecule has 1 amide bonds. The maximum Gasteiger partial charge on any atom is 0.282 e. The molecule has 0 saturated heterocycles. The Morgan fingerprint density at radius 1 is 1.13 bits per heavy atom. The zero-order chi connectivity index (χ0) is 17.0. The van der Waals surface area contributed by atoms with Crippen LogP contribution in [0, 0.1) is 24.0 Å². The first-order valence-electron chi connectivity index (χ1n) is 7.06. The maximum atomic E-state index is 12.1. The summed E-state index contributed by atoms with van der Waals surface area (Å²) in [6, 6.07) is 11.6. The first-order valence-corrected chi connectivity index (χ1v) is 7.06. The lowest BCUT2D eigenvalue weighted by Gasteiger charge is -2.06. The minimum absolute atomic E-state index is 0.0193. The van der Waals surface area contributed by atoms with Crippen LogP contribution in [-0.4, -0.2) is 16.5 Å². The third kappa shape index (κ3) is 3.79. The highest BCUT2D eigenvalue weighted by atomic mass is 16.6. The molecule has 2 aromatic carbocycles. The molecule has 1 N–H and O–H groups in total. The van der Waals surface area contributed by atoms with E-state index in [0.29, 0.717) is 5.71 Å². The van der Waals surface area contributed by atoms with Crippen molar-refractivity contribution in [2.45, 2.75) is 20.8 Å². The van der Waals surface area contributed by atoms with Crippen LogP contribution in [0.5, 0.6) is 0 Å². The van der Waals surface area contributed by atoms with Crippen LogP contribution in [0.3, 0.4) is 0 Å². The van der Waals surface area contributed by atoms with Gasteiger partial charge in [-0.25, -0.2) is 5.43 Å². The van der Waals surface area contributed by atoms with Gasteiger partial charge in [0, 0.05) is 6.07 Å². The van der Waals surface area contributed by atoms with Gasteiger partial charge >= 0.3 is 0 Å². The fourth-order valence-electron chi connectivity index (χ4n) is 2.05. The molecule has 0 heterocycles. The van der Waals surface area contributed by atoms with Crippen LogP contribution >= 0.6 is 0 Å². The maximum absolute atomic E-state index is 12.1. The summed E-state index contributed by atoms with van der Waals surface area (Å²) in [5.41, 5.74) is 5.91. The summed E-state index contributed by atoms with van der Waals surface area (Å²) in [4.78, 5) is 22.5. The van der Waals surface area contributed by atoms with Crippen LogP contribution in [-0.2, 0) is 0 Å². The van der Waals surface area contributed by atoms with E-state index in [2.05, 4.69) is 10.5 Å². The molecular weight excluding hydrogens is 294 g/mol. The second-order valence-corrected chi connectivity index (χ2v) is 5.21. The van der Waals surface area contributed by atoms with Gasteiger partial charge < -0.3 is 0 Å². The van der Waals surface area contributed by atoms with Gasteiger partial charge in [-0.1, -0.05) is 24.3 Å². The Morgan fingerprint density at radius 2 is 1.83 bits per heavy atom. The minimum atomic E-state index is -0.611. The Bertz CT molecular complexity index is 797. The molecule has 0 radical (unpaired) electrons. The van der Waals surface area contributed by atoms with Crippen molar-refractivity contribution < 1.29 is 9.72 Å². The first-order chi connectivity index (χ1) is 10.9. The summed E-state index contributed by atoms with van der Waals surface area (Å²) in [6.45, 7) is 5.78. The molecule has 0 bridgehead atoms. The number of rotatable bonds is 4. The number of nitro benzene ring substituents is 1. The Morgan fingerprint density at radius 3 is 2.48 bits per heavy atom. The van der Waals surface area contributed by atoms with E-state index in [1.54, 1.807) is 13.0 Å². The minimum Gasteiger partial charge on any atom is -0.267 e. The molecule has 0 fully saturated rings. The van der Waals surface area contributed by atoms with Gasteiger partial charge in [0.2, 0.25) is 0 Å². The number of carbonyl (C=O) groups excluding carboxylic acids is 1. The van der Waals surface area contributed by atoms with Crippen molar-refractivity contribution in [3.8, 4) is 0 Å². The molecule has 6 nitrogen and oxygen atoms in total. The number of para-hydroxylation sites is 1. The van der Waals surface area contributed by atoms with Crippen LogP contribution in [0.25, 0.3) is 0 Å². The van der Waals surface area contributed by atoms with E-state index in [-0.39, 0.29) is 11.3 Å². The smallest absolute Gasteiger partial charge is 0.267 e. The van der Waals surface area contributed by atoms with Gasteiger partial charge in [0.15, 0.2) is 0 Å². The third-order valence-corrected chi connectivity index (χ3v) is 3.60. The first kappa shape index (κ1) is 16.4. The van der Waals surface area contributed by atoms with Gasteiger partial charge in [-0.3, -0.25) is 14.9 Å². The predicted octanol–water partition coefficient (Wildman–Crippen LogP) is 3.37. The number of benzene rings is 2. The van der Waals surface area contributed by atoms with Gasteiger partial charge in [0.1, 0.15) is 5.56 Å². The molecule has 0 aromatic heterocycles. The summed E-state index contributed by atoms with van der Waals surface area (Å²) in [5, 5.41) is 15.0. The topological polar surface area (TPSA) is 84.6 Å². The van der Waals surface area contributed by atoms with Gasteiger partial charge in [-0.05, 0) is 49.6 Å². The molecule has 0 aliphatic carbocycles. The van der Waals surface area contributed by atoms with Crippen molar-refractivity contribution in [2.75, 3.05) is 0 Å². The average Bonchev–Trinajstić information content (AvgIpc) is 2.54. The highest BCUT2D eigenvalue weighted by molar-refractivity contribution is 6.02. The van der Waals surface area contributed by atoms with Crippen LogP contribution in [0.2, 0.25) is 0 Å². The lowest BCUT2D eigenvalue weighted by molar-refractivity contribution is -0.385. The van der Waals surface area contributed by atoms with E-state index >= 15 is 0 Å². The molecule has 0 spiro atoms. The summed E-state index contributed by atoms with van der Waals surface area (Å²) >= 11 is 0. The molecule has 0 aliphatic heterocycles. The molecule has 0 atom stereocenters. The van der Waals surface area contributed by atoms with Crippen LogP contribution < -0.4 is 5.43 Å². The number of amides is 1. The number of carbonyl (C=O) groups is 1. The van der Waals surface area contributed by atoms with E-state index in [4.69, 9.17) is 0 Å². The molecule has 23 heavy (non-hydrogen) atoms. The summed E-state index contributed by atoms with van der Waals surface area (Å²) in [5.74, 6) is -0.611. The number of hydrogen-bond acceptors (Lipinski definition) is 4. The number of nitro groups is 1. The van der Waals surface area contributed by atoms with Crippen LogP contribution in [0.1, 0.15) is 34.0 Å². The Labute approximate surface area is 134 Å². The third-order valence-electron chi connectivity index (χ3n) is 3.60. The van der Waals surface area contributed by atoms with Crippen molar-refractivity contribution in [1.29, 1.82) is 0 Å². The number of hydrogen-bond donors (Lipinski definition) is 1. The average molecular weight is 311 g/mol. The van der Waals surface area contributed by atoms with E-state index < -0.39 is 10.8 Å². The molecular formula is C17H17N3O3. The fourth-order valence-corrected chi connectivity index (χ4v) is 2.05. The lowest BCUT2D eigenvalue weighted by Crippen LogP contribution is -2.20. The molecule has 2 rings (SSSR count). The Kier molecular flexibility index (Phi) is 4.85. The lowest BCUT2D eigenvalue weighted by atomic mass is 10.0. The van der Waals surface area contributed by atoms with Crippen molar-refractivity contribution in [3.05, 3.63) is 74.8 Å². The van der Waals surface area contributed by atoms with E-state index in [1.807, 2.05) is 32.0 Å². The number of hydrazone groups is 1. The van der Waals surface area contributed by atoms with Gasteiger partial charge in [0.05, 0.1) is 10.6 Å². The number of nitrogens with one attached hydrogen (secondary N) is 1. The van der Waals surface area contributed by atoms with Crippen molar-refractivity contribution >= 4 is 17.3 Å². The fraction of sp³-hybridized carbons (Fsp3) is 0.176. The quantitative estimate of drug-likeness (QED) is 0.533. The molecule has 2 aromatic rings. The highest BCUT2D eigenvalue weighted by Gasteiger charge is 2.18. The number of nitrogens with zero attached hydrogens (tertiary/aromatic N) is 2. The Balaban J connectivity index is 2.20. The standard InChI is InChI=1S/C17H17N3O3/c1-11-8-9-14(10-12(11)2)13(3)18-19-17(21)15-6-4-5-7-16(15)20(22)23/h4-10H,1-3H3,(H,19,21). The monoisotopic (exact) mass is 311 g/mol. The second-order valence-electron chi connectivity index (χ2n) is 5.21. The van der Waals surface area contributed by atoms with Gasteiger partial charge in [-0.2, -0.15) is 5.10 Å². The SMILES string of the molecule is CC(=NNC(=O)c1ccccc1[N+](=O)[O-])c1ccc(C)c(C)c1. The Hall–Kier alpha value is -3.02. The second kappa shape index (κ2) is 6.83. The van der Waals surface area contributed by atoms with Crippen LogP contribution in [0.4, 0.5) is 5.69 Å². The molecule has 0 saturated carbocycles. The summed E-state index contributed by atoms with van der Waals surface area (Å²) in [7, 11) is 0. The predicted molar refractivity (Wildman–Crippen MR) is 88.7 cm³/mol. The van der Waals surface area contributed by atoms with Crippen molar-refractivity contribution in [1.82, 2.24) is 5.43 Å². The number of aryl methyl sites for hydroxylation is 2. The van der Waals surface area contributed by atoms with Crippen LogP contribution in [0.15, 0.2) is 47.6 Å². The van der Waals surface area contributed by atoms with Gasteiger partial charge in [0.25, 0.3) is 11.6 Å². The zero-order valence-electron chi connectivity index (χ0n) is 13.2. The van der Waals surface area contributed by atoms with E-state index in [9.17, 15) is 14.9 Å². The molecule has 0 aliphatic rings. The van der Waals surface area contributed by atoms with Gasteiger partial charge in [-0.15, -0.1) is 0 Å². The van der Waals surface area contributed by atoms with Crippen molar-refractivity contribution in [3.63, 3.8) is 0 Å². The van der Waals surface area contributed by atoms with E-state index in [1.165, 1.54) is 23.8 Å². The molecule has 6 heteroatoms. The summed E-state index contributed by atoms with van der Waals surface area (Å²) in [6.07, 6.45) is 0. The van der Waals surface area contributed by atoms with E-state index in [0.717, 1.165) is 11.1 Å². The zero-order valence-corrected chi connectivity index (χ0v) is 13.2. The van der Waals surface area contributed by atoms with Crippen molar-refractivity contribution in [2.24, 2.45) is 5.10 Å². The molecule has 118 valence electrons.